The van der Waals surface area contributed by atoms with E-state index < -0.39 is 0 Å². The van der Waals surface area contributed by atoms with Crippen molar-refractivity contribution in [1.82, 2.24) is 5.32 Å². The Labute approximate surface area is 125 Å². The van der Waals surface area contributed by atoms with E-state index in [2.05, 4.69) is 44.1 Å². The third kappa shape index (κ3) is 4.88. The summed E-state index contributed by atoms with van der Waals surface area (Å²) in [6, 6.07) is 3.97. The van der Waals surface area contributed by atoms with Gasteiger partial charge in [-0.05, 0) is 34.5 Å². The lowest BCUT2D eigenvalue weighted by atomic mass is 10.2. The van der Waals surface area contributed by atoms with Crippen LogP contribution in [0.4, 0.5) is 0 Å². The first-order valence-corrected chi connectivity index (χ1v) is 7.57. The van der Waals surface area contributed by atoms with Crippen LogP contribution in [-0.2, 0) is 6.54 Å². The SMILES string of the molecule is CCCC(O)CNCc1cc(Br)cc(Br)c1OC. The second-order valence-electron chi connectivity index (χ2n) is 4.15. The lowest BCUT2D eigenvalue weighted by Gasteiger charge is -2.14. The van der Waals surface area contributed by atoms with Gasteiger partial charge in [0, 0.05) is 23.1 Å². The van der Waals surface area contributed by atoms with Gasteiger partial charge in [0.25, 0.3) is 0 Å². The summed E-state index contributed by atoms with van der Waals surface area (Å²) in [6.45, 7) is 3.33. The largest absolute Gasteiger partial charge is 0.495 e. The van der Waals surface area contributed by atoms with Crippen molar-refractivity contribution < 1.29 is 9.84 Å². The van der Waals surface area contributed by atoms with Crippen LogP contribution in [0.1, 0.15) is 25.3 Å². The second-order valence-corrected chi connectivity index (χ2v) is 5.92. The summed E-state index contributed by atoms with van der Waals surface area (Å²) in [6.07, 6.45) is 1.54. The van der Waals surface area contributed by atoms with E-state index in [0.717, 1.165) is 33.1 Å². The number of hydrogen-bond acceptors (Lipinski definition) is 3. The second kappa shape index (κ2) is 8.15. The number of ether oxygens (including phenoxy) is 1. The van der Waals surface area contributed by atoms with E-state index in [-0.39, 0.29) is 6.10 Å². The number of halogens is 2. The fourth-order valence-electron chi connectivity index (χ4n) is 1.78. The molecule has 0 aliphatic carbocycles. The number of methoxy groups -OCH3 is 1. The molecule has 0 aliphatic rings. The van der Waals surface area contributed by atoms with Gasteiger partial charge in [0.1, 0.15) is 5.75 Å². The van der Waals surface area contributed by atoms with Crippen LogP contribution in [0.3, 0.4) is 0 Å². The first kappa shape index (κ1) is 16.0. The van der Waals surface area contributed by atoms with Crippen LogP contribution in [0.5, 0.6) is 5.75 Å². The minimum absolute atomic E-state index is 0.281. The molecule has 0 saturated carbocycles. The van der Waals surface area contributed by atoms with E-state index in [4.69, 9.17) is 4.74 Å². The average Bonchev–Trinajstić information content (AvgIpc) is 2.28. The lowest BCUT2D eigenvalue weighted by Crippen LogP contribution is -2.26. The van der Waals surface area contributed by atoms with Gasteiger partial charge in [0.2, 0.25) is 0 Å². The number of nitrogens with one attached hydrogen (secondary N) is 1. The molecule has 1 aromatic rings. The summed E-state index contributed by atoms with van der Waals surface area (Å²) in [7, 11) is 1.66. The molecule has 0 saturated heterocycles. The predicted octanol–water partition coefficient (Wildman–Crippen LogP) is 3.47. The smallest absolute Gasteiger partial charge is 0.137 e. The molecular formula is C13H19Br2NO2. The highest BCUT2D eigenvalue weighted by atomic mass is 79.9. The highest BCUT2D eigenvalue weighted by Crippen LogP contribution is 2.32. The highest BCUT2D eigenvalue weighted by Gasteiger charge is 2.09. The summed E-state index contributed by atoms with van der Waals surface area (Å²) >= 11 is 6.93. The van der Waals surface area contributed by atoms with Crippen molar-refractivity contribution in [2.45, 2.75) is 32.4 Å². The number of rotatable bonds is 7. The van der Waals surface area contributed by atoms with Gasteiger partial charge in [-0.1, -0.05) is 29.3 Å². The maximum Gasteiger partial charge on any atom is 0.137 e. The Morgan fingerprint density at radius 3 is 2.72 bits per heavy atom. The van der Waals surface area contributed by atoms with Crippen LogP contribution in [-0.4, -0.2) is 24.9 Å². The van der Waals surface area contributed by atoms with Crippen LogP contribution in [0.25, 0.3) is 0 Å². The van der Waals surface area contributed by atoms with Crippen molar-refractivity contribution in [3.05, 3.63) is 26.6 Å². The Hall–Kier alpha value is -0.100. The molecule has 5 heteroatoms. The van der Waals surface area contributed by atoms with Gasteiger partial charge in [-0.25, -0.2) is 0 Å². The molecule has 102 valence electrons. The molecule has 2 N–H and O–H groups in total. The van der Waals surface area contributed by atoms with E-state index >= 15 is 0 Å². The van der Waals surface area contributed by atoms with Gasteiger partial charge in [0.15, 0.2) is 0 Å². The van der Waals surface area contributed by atoms with Crippen LogP contribution in [0.2, 0.25) is 0 Å². The van der Waals surface area contributed by atoms with Crippen LogP contribution < -0.4 is 10.1 Å². The minimum Gasteiger partial charge on any atom is -0.495 e. The van der Waals surface area contributed by atoms with Gasteiger partial charge in [-0.15, -0.1) is 0 Å². The lowest BCUT2D eigenvalue weighted by molar-refractivity contribution is 0.160. The van der Waals surface area contributed by atoms with Gasteiger partial charge in [-0.3, -0.25) is 0 Å². The van der Waals surface area contributed by atoms with E-state index in [0.29, 0.717) is 13.1 Å². The van der Waals surface area contributed by atoms with Crippen LogP contribution in [0.15, 0.2) is 21.1 Å². The molecular weight excluding hydrogens is 362 g/mol. The average molecular weight is 381 g/mol. The van der Waals surface area contributed by atoms with E-state index in [9.17, 15) is 5.11 Å². The summed E-state index contributed by atoms with van der Waals surface area (Å²) in [5.41, 5.74) is 1.06. The Bertz CT molecular complexity index is 385. The molecule has 0 aromatic heterocycles. The number of aliphatic hydroxyl groups excluding tert-OH is 1. The molecule has 1 atom stereocenters. The molecule has 0 spiro atoms. The Morgan fingerprint density at radius 1 is 1.39 bits per heavy atom. The Morgan fingerprint density at radius 2 is 2.11 bits per heavy atom. The molecule has 1 unspecified atom stereocenters. The third-order valence-corrected chi connectivity index (χ3v) is 3.65. The van der Waals surface area contributed by atoms with Crippen LogP contribution in [0, 0.1) is 0 Å². The number of aliphatic hydroxyl groups is 1. The van der Waals surface area contributed by atoms with E-state index in [1.165, 1.54) is 0 Å². The van der Waals surface area contributed by atoms with Crippen molar-refractivity contribution in [2.75, 3.05) is 13.7 Å². The summed E-state index contributed by atoms with van der Waals surface area (Å²) in [5, 5.41) is 12.9. The molecule has 0 fully saturated rings. The van der Waals surface area contributed by atoms with Crippen molar-refractivity contribution in [3.63, 3.8) is 0 Å². The molecule has 18 heavy (non-hydrogen) atoms. The Kier molecular flexibility index (Phi) is 7.22. The number of benzene rings is 1. The van der Waals surface area contributed by atoms with Crippen molar-refractivity contribution >= 4 is 31.9 Å². The number of hydrogen-bond donors (Lipinski definition) is 2. The topological polar surface area (TPSA) is 41.5 Å². The van der Waals surface area contributed by atoms with Crippen molar-refractivity contribution in [1.29, 1.82) is 0 Å². The van der Waals surface area contributed by atoms with Crippen molar-refractivity contribution in [3.8, 4) is 5.75 Å². The van der Waals surface area contributed by atoms with Crippen molar-refractivity contribution in [2.24, 2.45) is 0 Å². The van der Waals surface area contributed by atoms with Gasteiger partial charge >= 0.3 is 0 Å². The minimum atomic E-state index is -0.281. The molecule has 1 rings (SSSR count). The van der Waals surface area contributed by atoms with E-state index in [1.807, 2.05) is 12.1 Å². The molecule has 0 aliphatic heterocycles. The highest BCUT2D eigenvalue weighted by molar-refractivity contribution is 9.11. The maximum absolute atomic E-state index is 9.65. The van der Waals surface area contributed by atoms with E-state index in [1.54, 1.807) is 7.11 Å². The van der Waals surface area contributed by atoms with Gasteiger partial charge in [0.05, 0.1) is 17.7 Å². The molecule has 0 heterocycles. The maximum atomic E-state index is 9.65. The zero-order chi connectivity index (χ0) is 13.5. The third-order valence-electron chi connectivity index (χ3n) is 2.61. The van der Waals surface area contributed by atoms with Gasteiger partial charge < -0.3 is 15.2 Å². The van der Waals surface area contributed by atoms with Gasteiger partial charge in [-0.2, -0.15) is 0 Å². The fraction of sp³-hybridized carbons (Fsp3) is 0.538. The summed E-state index contributed by atoms with van der Waals surface area (Å²) < 4.78 is 7.29. The monoisotopic (exact) mass is 379 g/mol. The normalized spacial score (nSPS) is 12.5. The standard InChI is InChI=1S/C13H19Br2NO2/c1-3-4-11(17)8-16-7-9-5-10(14)6-12(15)13(9)18-2/h5-6,11,16-17H,3-4,7-8H2,1-2H3. The molecule has 0 radical (unpaired) electrons. The molecule has 0 bridgehead atoms. The predicted molar refractivity (Wildman–Crippen MR) is 81.0 cm³/mol. The summed E-state index contributed by atoms with van der Waals surface area (Å²) in [4.78, 5) is 0. The Balaban J connectivity index is 2.61. The first-order valence-electron chi connectivity index (χ1n) is 5.99. The molecule has 1 aromatic carbocycles. The summed E-state index contributed by atoms with van der Waals surface area (Å²) in [5.74, 6) is 0.829. The molecule has 0 amide bonds. The zero-order valence-electron chi connectivity index (χ0n) is 10.7. The first-order chi connectivity index (χ1) is 8.58. The molecule has 3 nitrogen and oxygen atoms in total. The fourth-order valence-corrected chi connectivity index (χ4v) is 3.26. The zero-order valence-corrected chi connectivity index (χ0v) is 13.8. The van der Waals surface area contributed by atoms with Crippen LogP contribution >= 0.6 is 31.9 Å². The quantitative estimate of drug-likeness (QED) is 0.760.